The lowest BCUT2D eigenvalue weighted by Gasteiger charge is -2.06. The molecule has 0 fully saturated rings. The topological polar surface area (TPSA) is 37.8 Å². The van der Waals surface area contributed by atoms with Crippen LogP contribution in [0.4, 0.5) is 10.1 Å². The van der Waals surface area contributed by atoms with Crippen molar-refractivity contribution in [3.63, 3.8) is 0 Å². The van der Waals surface area contributed by atoms with E-state index >= 15 is 0 Å². The zero-order valence-electron chi connectivity index (χ0n) is 11.0. The van der Waals surface area contributed by atoms with Crippen molar-refractivity contribution in [3.8, 4) is 0 Å². The smallest absolute Gasteiger partial charge is 0.188 e. The Bertz CT molecular complexity index is 540. The Balaban J connectivity index is 1.80. The van der Waals surface area contributed by atoms with Crippen LogP contribution in [0.5, 0.6) is 0 Å². The molecule has 1 N–H and O–H groups in total. The molecule has 3 nitrogen and oxygen atoms in total. The van der Waals surface area contributed by atoms with Gasteiger partial charge in [0.15, 0.2) is 5.16 Å². The van der Waals surface area contributed by atoms with Crippen molar-refractivity contribution < 1.29 is 4.39 Å². The fourth-order valence-electron chi connectivity index (χ4n) is 1.69. The van der Waals surface area contributed by atoms with Crippen LogP contribution in [0.1, 0.15) is 11.4 Å². The second kappa shape index (κ2) is 6.52. The Morgan fingerprint density at radius 2 is 1.89 bits per heavy atom. The van der Waals surface area contributed by atoms with E-state index in [9.17, 15) is 4.39 Å². The molecule has 0 saturated heterocycles. The summed E-state index contributed by atoms with van der Waals surface area (Å²) in [5.41, 5.74) is 2.75. The normalized spacial score (nSPS) is 10.5. The van der Waals surface area contributed by atoms with Crippen molar-refractivity contribution in [2.24, 2.45) is 0 Å². The van der Waals surface area contributed by atoms with Crippen molar-refractivity contribution in [2.45, 2.75) is 19.0 Å². The van der Waals surface area contributed by atoms with Crippen LogP contribution in [0.3, 0.4) is 0 Å². The van der Waals surface area contributed by atoms with Crippen molar-refractivity contribution in [2.75, 3.05) is 17.6 Å². The molecule has 0 aliphatic carbocycles. The van der Waals surface area contributed by atoms with E-state index in [1.807, 2.05) is 26.0 Å². The lowest BCUT2D eigenvalue weighted by atomic mass is 10.3. The molecule has 0 atom stereocenters. The first-order valence-electron chi connectivity index (χ1n) is 6.08. The van der Waals surface area contributed by atoms with Crippen LogP contribution >= 0.6 is 11.8 Å². The highest BCUT2D eigenvalue weighted by Gasteiger charge is 2.00. The number of anilines is 1. The second-order valence-corrected chi connectivity index (χ2v) is 5.28. The minimum atomic E-state index is -0.227. The Morgan fingerprint density at radius 1 is 1.16 bits per heavy atom. The van der Waals surface area contributed by atoms with Gasteiger partial charge in [-0.2, -0.15) is 0 Å². The number of nitrogens with zero attached hydrogens (tertiary/aromatic N) is 2. The fraction of sp³-hybridized carbons (Fsp3) is 0.286. The lowest BCUT2D eigenvalue weighted by molar-refractivity contribution is 0.628. The Hall–Kier alpha value is -1.62. The molecule has 0 aliphatic heterocycles. The van der Waals surface area contributed by atoms with Crippen LogP contribution in [0.25, 0.3) is 0 Å². The Labute approximate surface area is 116 Å². The highest BCUT2D eigenvalue weighted by molar-refractivity contribution is 7.99. The Morgan fingerprint density at radius 3 is 2.58 bits per heavy atom. The SMILES string of the molecule is Cc1cc(C)nc(SCCNc2cccc(F)c2)n1. The van der Waals surface area contributed by atoms with Crippen molar-refractivity contribution in [1.82, 2.24) is 9.97 Å². The van der Waals surface area contributed by atoms with Gasteiger partial charge in [-0.05, 0) is 38.1 Å². The van der Waals surface area contributed by atoms with Gasteiger partial charge in [0.05, 0.1) is 0 Å². The van der Waals surface area contributed by atoms with Crippen molar-refractivity contribution >= 4 is 17.4 Å². The molecule has 1 aromatic heterocycles. The number of nitrogens with one attached hydrogen (secondary N) is 1. The summed E-state index contributed by atoms with van der Waals surface area (Å²) in [7, 11) is 0. The summed E-state index contributed by atoms with van der Waals surface area (Å²) >= 11 is 1.59. The van der Waals surface area contributed by atoms with Gasteiger partial charge < -0.3 is 5.32 Å². The molecule has 0 amide bonds. The zero-order valence-corrected chi connectivity index (χ0v) is 11.8. The molecule has 5 heteroatoms. The minimum absolute atomic E-state index is 0.227. The van der Waals surface area contributed by atoms with E-state index in [0.29, 0.717) is 0 Å². The van der Waals surface area contributed by atoms with Crippen molar-refractivity contribution in [3.05, 3.63) is 47.5 Å². The van der Waals surface area contributed by atoms with E-state index in [1.165, 1.54) is 12.1 Å². The maximum absolute atomic E-state index is 13.0. The van der Waals surface area contributed by atoms with E-state index in [2.05, 4.69) is 15.3 Å². The maximum Gasteiger partial charge on any atom is 0.188 e. The van der Waals surface area contributed by atoms with Crippen LogP contribution in [0, 0.1) is 19.7 Å². The first-order chi connectivity index (χ1) is 9.13. The molecule has 19 heavy (non-hydrogen) atoms. The summed E-state index contributed by atoms with van der Waals surface area (Å²) in [4.78, 5) is 8.71. The van der Waals surface area contributed by atoms with E-state index in [1.54, 1.807) is 17.8 Å². The van der Waals surface area contributed by atoms with Gasteiger partial charge in [0.2, 0.25) is 0 Å². The number of thioether (sulfide) groups is 1. The predicted octanol–water partition coefficient (Wildman–Crippen LogP) is 3.44. The van der Waals surface area contributed by atoms with Gasteiger partial charge >= 0.3 is 0 Å². The van der Waals surface area contributed by atoms with Crippen LogP contribution in [-0.4, -0.2) is 22.3 Å². The molecule has 0 spiro atoms. The van der Waals surface area contributed by atoms with Gasteiger partial charge in [0, 0.05) is 29.4 Å². The van der Waals surface area contributed by atoms with Gasteiger partial charge in [-0.15, -0.1) is 0 Å². The van der Waals surface area contributed by atoms with E-state index in [-0.39, 0.29) is 5.82 Å². The zero-order chi connectivity index (χ0) is 13.7. The molecular weight excluding hydrogens is 261 g/mol. The van der Waals surface area contributed by atoms with Crippen LogP contribution in [0.15, 0.2) is 35.5 Å². The molecule has 0 radical (unpaired) electrons. The molecule has 1 heterocycles. The van der Waals surface area contributed by atoms with Gasteiger partial charge in [0.25, 0.3) is 0 Å². The van der Waals surface area contributed by atoms with Gasteiger partial charge in [0.1, 0.15) is 5.82 Å². The molecule has 2 aromatic rings. The average Bonchev–Trinajstić information content (AvgIpc) is 2.34. The van der Waals surface area contributed by atoms with Crippen LogP contribution in [0.2, 0.25) is 0 Å². The summed E-state index contributed by atoms with van der Waals surface area (Å²) < 4.78 is 13.0. The van der Waals surface area contributed by atoms with E-state index in [4.69, 9.17) is 0 Å². The summed E-state index contributed by atoms with van der Waals surface area (Å²) in [6, 6.07) is 8.41. The molecular formula is C14H16FN3S. The van der Waals surface area contributed by atoms with E-state index < -0.39 is 0 Å². The minimum Gasteiger partial charge on any atom is -0.384 e. The number of hydrogen-bond donors (Lipinski definition) is 1. The molecule has 0 bridgehead atoms. The number of hydrogen-bond acceptors (Lipinski definition) is 4. The van der Waals surface area contributed by atoms with Gasteiger partial charge in [-0.25, -0.2) is 14.4 Å². The third-order valence-electron chi connectivity index (χ3n) is 2.45. The molecule has 0 saturated carbocycles. The standard InChI is InChI=1S/C14H16FN3S/c1-10-8-11(2)18-14(17-10)19-7-6-16-13-5-3-4-12(15)9-13/h3-5,8-9,16H,6-7H2,1-2H3. The lowest BCUT2D eigenvalue weighted by Crippen LogP contribution is -2.05. The summed E-state index contributed by atoms with van der Waals surface area (Å²) in [6.45, 7) is 4.66. The molecule has 0 unspecified atom stereocenters. The number of rotatable bonds is 5. The third-order valence-corrected chi connectivity index (χ3v) is 3.30. The molecule has 0 aliphatic rings. The van der Waals surface area contributed by atoms with Crippen LogP contribution in [-0.2, 0) is 0 Å². The van der Waals surface area contributed by atoms with E-state index in [0.717, 1.165) is 34.5 Å². The number of benzene rings is 1. The predicted molar refractivity (Wildman–Crippen MR) is 77.1 cm³/mol. The second-order valence-electron chi connectivity index (χ2n) is 4.22. The third kappa shape index (κ3) is 4.52. The first kappa shape index (κ1) is 13.8. The first-order valence-corrected chi connectivity index (χ1v) is 7.06. The monoisotopic (exact) mass is 277 g/mol. The summed E-state index contributed by atoms with van der Waals surface area (Å²) in [5.74, 6) is 0.606. The number of aryl methyl sites for hydroxylation is 2. The summed E-state index contributed by atoms with van der Waals surface area (Å²) in [6.07, 6.45) is 0. The van der Waals surface area contributed by atoms with Gasteiger partial charge in [-0.1, -0.05) is 17.8 Å². The molecule has 2 rings (SSSR count). The number of halogens is 1. The molecule has 100 valence electrons. The highest BCUT2D eigenvalue weighted by atomic mass is 32.2. The largest absolute Gasteiger partial charge is 0.384 e. The quantitative estimate of drug-likeness (QED) is 0.516. The maximum atomic E-state index is 13.0. The fourth-order valence-corrected chi connectivity index (χ4v) is 2.50. The van der Waals surface area contributed by atoms with Crippen molar-refractivity contribution in [1.29, 1.82) is 0 Å². The van der Waals surface area contributed by atoms with Gasteiger partial charge in [-0.3, -0.25) is 0 Å². The Kier molecular flexibility index (Phi) is 4.74. The number of aromatic nitrogens is 2. The molecule has 1 aromatic carbocycles. The average molecular weight is 277 g/mol. The van der Waals surface area contributed by atoms with Crippen LogP contribution < -0.4 is 5.32 Å². The highest BCUT2D eigenvalue weighted by Crippen LogP contribution is 2.14. The summed E-state index contributed by atoms with van der Waals surface area (Å²) in [5, 5.41) is 3.96.